The van der Waals surface area contributed by atoms with Gasteiger partial charge in [0.05, 0.1) is 5.25 Å². The Balaban J connectivity index is 1.68. The number of rotatable bonds is 4. The number of benzene rings is 1. The first-order valence-electron chi connectivity index (χ1n) is 7.42. The second kappa shape index (κ2) is 5.67. The summed E-state index contributed by atoms with van der Waals surface area (Å²) in [6.45, 7) is 1.00. The Morgan fingerprint density at radius 2 is 1.86 bits per heavy atom. The summed E-state index contributed by atoms with van der Waals surface area (Å²) >= 11 is 0. The molecule has 0 radical (unpaired) electrons. The first-order chi connectivity index (χ1) is 10.1. The highest BCUT2D eigenvalue weighted by molar-refractivity contribution is 7.93. The minimum absolute atomic E-state index is 0.134. The SMILES string of the molecule is O=C(C1CC1)N1CCCC(S(=O)(=O)Nc2ccccc2)C1. The van der Waals surface area contributed by atoms with Crippen molar-refractivity contribution in [3.8, 4) is 0 Å². The van der Waals surface area contributed by atoms with Gasteiger partial charge in [-0.1, -0.05) is 18.2 Å². The van der Waals surface area contributed by atoms with Gasteiger partial charge in [0.25, 0.3) is 0 Å². The predicted molar refractivity (Wildman–Crippen MR) is 81.3 cm³/mol. The lowest BCUT2D eigenvalue weighted by atomic mass is 10.1. The number of para-hydroxylation sites is 1. The van der Waals surface area contributed by atoms with E-state index in [1.54, 1.807) is 29.2 Å². The smallest absolute Gasteiger partial charge is 0.237 e. The van der Waals surface area contributed by atoms with E-state index in [1.807, 2.05) is 6.07 Å². The first kappa shape index (κ1) is 14.4. The van der Waals surface area contributed by atoms with Crippen molar-refractivity contribution in [2.75, 3.05) is 17.8 Å². The van der Waals surface area contributed by atoms with Gasteiger partial charge >= 0.3 is 0 Å². The van der Waals surface area contributed by atoms with E-state index in [9.17, 15) is 13.2 Å². The number of likely N-dealkylation sites (tertiary alicyclic amines) is 1. The molecule has 21 heavy (non-hydrogen) atoms. The summed E-state index contributed by atoms with van der Waals surface area (Å²) in [4.78, 5) is 13.8. The molecule has 0 bridgehead atoms. The van der Waals surface area contributed by atoms with Crippen molar-refractivity contribution in [1.29, 1.82) is 0 Å². The summed E-state index contributed by atoms with van der Waals surface area (Å²) < 4.78 is 27.5. The lowest BCUT2D eigenvalue weighted by Crippen LogP contribution is -2.47. The molecule has 6 heteroatoms. The molecule has 1 saturated heterocycles. The molecular weight excluding hydrogens is 288 g/mol. The second-order valence-electron chi connectivity index (χ2n) is 5.84. The molecule has 1 aliphatic heterocycles. The van der Waals surface area contributed by atoms with Crippen molar-refractivity contribution in [2.45, 2.75) is 30.9 Å². The molecule has 0 aromatic heterocycles. The number of anilines is 1. The zero-order chi connectivity index (χ0) is 14.9. The molecule has 1 amide bonds. The Labute approximate surface area is 125 Å². The molecule has 0 spiro atoms. The summed E-state index contributed by atoms with van der Waals surface area (Å²) in [5, 5.41) is -0.519. The van der Waals surface area contributed by atoms with E-state index in [-0.39, 0.29) is 11.8 Å². The highest BCUT2D eigenvalue weighted by Gasteiger charge is 2.38. The van der Waals surface area contributed by atoms with Crippen LogP contribution in [0.25, 0.3) is 0 Å². The van der Waals surface area contributed by atoms with Crippen LogP contribution in [0.3, 0.4) is 0 Å². The average Bonchev–Trinajstić information content (AvgIpc) is 3.32. The molecule has 1 unspecified atom stereocenters. The van der Waals surface area contributed by atoms with Gasteiger partial charge in [0, 0.05) is 24.7 Å². The van der Waals surface area contributed by atoms with Crippen LogP contribution >= 0.6 is 0 Å². The Morgan fingerprint density at radius 1 is 1.14 bits per heavy atom. The van der Waals surface area contributed by atoms with Crippen LogP contribution in [-0.2, 0) is 14.8 Å². The molecule has 5 nitrogen and oxygen atoms in total. The lowest BCUT2D eigenvalue weighted by Gasteiger charge is -2.32. The standard InChI is InChI=1S/C15H20N2O3S/c18-15(12-8-9-12)17-10-4-7-14(11-17)21(19,20)16-13-5-2-1-3-6-13/h1-3,5-6,12,14,16H,4,7-11H2. The molecule has 1 N–H and O–H groups in total. The van der Waals surface area contributed by atoms with E-state index < -0.39 is 15.3 Å². The first-order valence-corrected chi connectivity index (χ1v) is 8.96. The van der Waals surface area contributed by atoms with Crippen LogP contribution in [-0.4, -0.2) is 37.6 Å². The quantitative estimate of drug-likeness (QED) is 0.923. The number of carbonyl (C=O) groups excluding carboxylic acids is 1. The van der Waals surface area contributed by atoms with Crippen molar-refractivity contribution < 1.29 is 13.2 Å². The van der Waals surface area contributed by atoms with Crippen molar-refractivity contribution >= 4 is 21.6 Å². The van der Waals surface area contributed by atoms with Crippen molar-refractivity contribution in [2.24, 2.45) is 5.92 Å². The second-order valence-corrected chi connectivity index (χ2v) is 7.80. The maximum absolute atomic E-state index is 12.5. The van der Waals surface area contributed by atoms with E-state index in [0.717, 1.165) is 19.3 Å². The third-order valence-corrected chi connectivity index (χ3v) is 5.87. The maximum Gasteiger partial charge on any atom is 0.237 e. The van der Waals surface area contributed by atoms with Crippen LogP contribution in [0.15, 0.2) is 30.3 Å². The minimum Gasteiger partial charge on any atom is -0.341 e. The summed E-state index contributed by atoms with van der Waals surface area (Å²) in [6, 6.07) is 8.89. The number of carbonyl (C=O) groups is 1. The van der Waals surface area contributed by atoms with Gasteiger partial charge in [-0.3, -0.25) is 9.52 Å². The summed E-state index contributed by atoms with van der Waals surface area (Å²) in [5.74, 6) is 0.281. The number of hydrogen-bond acceptors (Lipinski definition) is 3. The Hall–Kier alpha value is -1.56. The molecular formula is C15H20N2O3S. The van der Waals surface area contributed by atoms with Gasteiger partial charge in [0.2, 0.25) is 15.9 Å². The molecule has 1 saturated carbocycles. The Morgan fingerprint density at radius 3 is 2.52 bits per heavy atom. The number of hydrogen-bond donors (Lipinski definition) is 1. The normalized spacial score (nSPS) is 22.9. The fourth-order valence-corrected chi connectivity index (χ4v) is 4.22. The number of nitrogens with one attached hydrogen (secondary N) is 1. The van der Waals surface area contributed by atoms with Gasteiger partial charge in [-0.25, -0.2) is 8.42 Å². The number of sulfonamides is 1. The number of amides is 1. The van der Waals surface area contributed by atoms with E-state index >= 15 is 0 Å². The highest BCUT2D eigenvalue weighted by Crippen LogP contribution is 2.32. The van der Waals surface area contributed by atoms with Gasteiger partial charge in [0.15, 0.2) is 0 Å². The van der Waals surface area contributed by atoms with Crippen LogP contribution in [0.1, 0.15) is 25.7 Å². The zero-order valence-electron chi connectivity index (χ0n) is 11.9. The molecule has 1 aliphatic carbocycles. The van der Waals surface area contributed by atoms with Crippen LogP contribution in [0, 0.1) is 5.92 Å². The highest BCUT2D eigenvalue weighted by atomic mass is 32.2. The van der Waals surface area contributed by atoms with Gasteiger partial charge in [0.1, 0.15) is 0 Å². The largest absolute Gasteiger partial charge is 0.341 e. The predicted octanol–water partition coefficient (Wildman–Crippen LogP) is 1.83. The average molecular weight is 308 g/mol. The van der Waals surface area contributed by atoms with Crippen molar-refractivity contribution in [1.82, 2.24) is 4.90 Å². The van der Waals surface area contributed by atoms with E-state index in [1.165, 1.54) is 0 Å². The lowest BCUT2D eigenvalue weighted by molar-refractivity contribution is -0.133. The molecule has 1 aromatic rings. The molecule has 1 atom stereocenters. The molecule has 1 aromatic carbocycles. The fraction of sp³-hybridized carbons (Fsp3) is 0.533. The number of nitrogens with zero attached hydrogens (tertiary/aromatic N) is 1. The molecule has 2 fully saturated rings. The van der Waals surface area contributed by atoms with Crippen molar-refractivity contribution in [3.05, 3.63) is 30.3 Å². The van der Waals surface area contributed by atoms with E-state index in [0.29, 0.717) is 25.2 Å². The third kappa shape index (κ3) is 3.37. The topological polar surface area (TPSA) is 66.5 Å². The van der Waals surface area contributed by atoms with Gasteiger partial charge in [-0.2, -0.15) is 0 Å². The summed E-state index contributed by atoms with van der Waals surface area (Å²) in [7, 11) is -3.45. The van der Waals surface area contributed by atoms with Crippen molar-refractivity contribution in [3.63, 3.8) is 0 Å². The molecule has 2 aliphatic rings. The Bertz CT molecular complexity index is 611. The Kier molecular flexibility index (Phi) is 3.89. The monoisotopic (exact) mass is 308 g/mol. The zero-order valence-corrected chi connectivity index (χ0v) is 12.7. The molecule has 1 heterocycles. The van der Waals surface area contributed by atoms with E-state index in [4.69, 9.17) is 0 Å². The van der Waals surface area contributed by atoms with Gasteiger partial charge in [-0.05, 0) is 37.8 Å². The molecule has 114 valence electrons. The fourth-order valence-electron chi connectivity index (χ4n) is 2.73. The maximum atomic E-state index is 12.5. The summed E-state index contributed by atoms with van der Waals surface area (Å²) in [6.07, 6.45) is 3.26. The minimum atomic E-state index is -3.45. The van der Waals surface area contributed by atoms with E-state index in [2.05, 4.69) is 4.72 Å². The molecule has 3 rings (SSSR count). The van der Waals surface area contributed by atoms with Crippen LogP contribution in [0.2, 0.25) is 0 Å². The van der Waals surface area contributed by atoms with Gasteiger partial charge < -0.3 is 4.90 Å². The van der Waals surface area contributed by atoms with Gasteiger partial charge in [-0.15, -0.1) is 0 Å². The van der Waals surface area contributed by atoms with Crippen LogP contribution in [0.5, 0.6) is 0 Å². The summed E-state index contributed by atoms with van der Waals surface area (Å²) in [5.41, 5.74) is 0.572. The number of piperidine rings is 1. The van der Waals surface area contributed by atoms with Crippen LogP contribution in [0.4, 0.5) is 5.69 Å². The third-order valence-electron chi connectivity index (χ3n) is 4.09. The van der Waals surface area contributed by atoms with Crippen LogP contribution < -0.4 is 4.72 Å².